The number of halogens is 1. The van der Waals surface area contributed by atoms with E-state index in [1.165, 1.54) is 24.3 Å². The van der Waals surface area contributed by atoms with Gasteiger partial charge >= 0.3 is 0 Å². The van der Waals surface area contributed by atoms with Crippen LogP contribution in [0.1, 0.15) is 11.1 Å². The predicted octanol–water partition coefficient (Wildman–Crippen LogP) is 4.43. The van der Waals surface area contributed by atoms with Gasteiger partial charge in [0, 0.05) is 13.1 Å². The van der Waals surface area contributed by atoms with E-state index < -0.39 is 0 Å². The number of rotatable bonds is 7. The third-order valence-electron chi connectivity index (χ3n) is 3.96. The van der Waals surface area contributed by atoms with Crippen molar-refractivity contribution in [2.24, 2.45) is 0 Å². The topological polar surface area (TPSA) is 29.5 Å². The molecule has 0 N–H and O–H groups in total. The quantitative estimate of drug-likeness (QED) is 0.631. The molecule has 3 aromatic rings. The molecule has 0 bridgehead atoms. The Labute approximate surface area is 152 Å². The van der Waals surface area contributed by atoms with E-state index >= 15 is 0 Å². The molecule has 0 saturated heterocycles. The second kappa shape index (κ2) is 8.81. The van der Waals surface area contributed by atoms with Crippen molar-refractivity contribution in [2.45, 2.75) is 13.1 Å². The van der Waals surface area contributed by atoms with Gasteiger partial charge in [-0.1, -0.05) is 60.7 Å². The molecule has 0 fully saturated rings. The lowest BCUT2D eigenvalue weighted by molar-refractivity contribution is -0.134. The minimum Gasteiger partial charge on any atom is -0.484 e. The molecule has 132 valence electrons. The molecule has 0 unspecified atom stereocenters. The first-order chi connectivity index (χ1) is 12.7. The summed E-state index contributed by atoms with van der Waals surface area (Å²) in [6.45, 7) is 0.911. The average Bonchev–Trinajstić information content (AvgIpc) is 2.68. The maximum Gasteiger partial charge on any atom is 0.261 e. The zero-order chi connectivity index (χ0) is 18.2. The van der Waals surface area contributed by atoms with Crippen LogP contribution in [0.25, 0.3) is 0 Å². The fourth-order valence-corrected chi connectivity index (χ4v) is 2.61. The summed E-state index contributed by atoms with van der Waals surface area (Å²) in [5, 5.41) is 0. The van der Waals surface area contributed by atoms with Gasteiger partial charge in [-0.3, -0.25) is 4.79 Å². The number of hydrogen-bond acceptors (Lipinski definition) is 2. The first-order valence-electron chi connectivity index (χ1n) is 8.45. The molecule has 3 rings (SSSR count). The number of carbonyl (C=O) groups is 1. The molecule has 0 radical (unpaired) electrons. The van der Waals surface area contributed by atoms with Gasteiger partial charge in [0.25, 0.3) is 5.91 Å². The summed E-state index contributed by atoms with van der Waals surface area (Å²) in [5.41, 5.74) is 2.11. The molecule has 0 atom stereocenters. The van der Waals surface area contributed by atoms with Gasteiger partial charge in [-0.2, -0.15) is 0 Å². The van der Waals surface area contributed by atoms with Crippen LogP contribution in [0.3, 0.4) is 0 Å². The minimum absolute atomic E-state index is 0.0920. The molecule has 0 aliphatic rings. The van der Waals surface area contributed by atoms with Gasteiger partial charge in [0.15, 0.2) is 6.61 Å². The van der Waals surface area contributed by atoms with Crippen molar-refractivity contribution in [1.29, 1.82) is 0 Å². The number of nitrogens with zero attached hydrogens (tertiary/aromatic N) is 1. The van der Waals surface area contributed by atoms with Gasteiger partial charge in [0.05, 0.1) is 0 Å². The van der Waals surface area contributed by atoms with Crippen LogP contribution >= 0.6 is 0 Å². The fraction of sp³-hybridized carbons (Fsp3) is 0.136. The van der Waals surface area contributed by atoms with Gasteiger partial charge in [-0.25, -0.2) is 4.39 Å². The summed E-state index contributed by atoms with van der Waals surface area (Å²) in [4.78, 5) is 14.5. The van der Waals surface area contributed by atoms with Crippen molar-refractivity contribution in [3.8, 4) is 5.75 Å². The molecule has 0 spiro atoms. The summed E-state index contributed by atoms with van der Waals surface area (Å²) < 4.78 is 18.5. The van der Waals surface area contributed by atoms with Gasteiger partial charge in [0.1, 0.15) is 11.6 Å². The monoisotopic (exact) mass is 349 g/mol. The summed E-state index contributed by atoms with van der Waals surface area (Å²) >= 11 is 0. The lowest BCUT2D eigenvalue weighted by Gasteiger charge is -2.23. The van der Waals surface area contributed by atoms with Crippen LogP contribution in [0, 0.1) is 5.82 Å². The lowest BCUT2D eigenvalue weighted by Crippen LogP contribution is -2.34. The highest BCUT2D eigenvalue weighted by Gasteiger charge is 2.15. The number of benzene rings is 3. The molecular formula is C22H20FNO2. The van der Waals surface area contributed by atoms with Crippen molar-refractivity contribution in [3.05, 3.63) is 102 Å². The van der Waals surface area contributed by atoms with Crippen LogP contribution in [0.2, 0.25) is 0 Å². The highest BCUT2D eigenvalue weighted by molar-refractivity contribution is 5.77. The molecule has 0 aromatic heterocycles. The van der Waals surface area contributed by atoms with Crippen molar-refractivity contribution in [3.63, 3.8) is 0 Å². The highest BCUT2D eigenvalue weighted by atomic mass is 19.1. The van der Waals surface area contributed by atoms with E-state index in [4.69, 9.17) is 4.74 Å². The summed E-state index contributed by atoms with van der Waals surface area (Å²) in [6, 6.07) is 25.3. The van der Waals surface area contributed by atoms with E-state index in [0.717, 1.165) is 11.1 Å². The van der Waals surface area contributed by atoms with Gasteiger partial charge in [0.2, 0.25) is 0 Å². The standard InChI is InChI=1S/C22H20FNO2/c23-20-11-13-21(14-12-20)26-17-22(25)24(15-18-7-3-1-4-8-18)16-19-9-5-2-6-10-19/h1-14H,15-17H2. The predicted molar refractivity (Wildman–Crippen MR) is 99.0 cm³/mol. The highest BCUT2D eigenvalue weighted by Crippen LogP contribution is 2.13. The van der Waals surface area contributed by atoms with Crippen LogP contribution in [0.15, 0.2) is 84.9 Å². The van der Waals surface area contributed by atoms with Crippen molar-refractivity contribution in [1.82, 2.24) is 4.90 Å². The minimum atomic E-state index is -0.335. The van der Waals surface area contributed by atoms with Crippen LogP contribution in [0.4, 0.5) is 4.39 Å². The molecule has 1 amide bonds. The lowest BCUT2D eigenvalue weighted by atomic mass is 10.1. The number of carbonyl (C=O) groups excluding carboxylic acids is 1. The zero-order valence-corrected chi connectivity index (χ0v) is 14.3. The molecule has 3 nitrogen and oxygen atoms in total. The fourth-order valence-electron chi connectivity index (χ4n) is 2.61. The Morgan fingerprint density at radius 1 is 0.769 bits per heavy atom. The van der Waals surface area contributed by atoms with Crippen molar-refractivity contribution >= 4 is 5.91 Å². The van der Waals surface area contributed by atoms with Crippen LogP contribution < -0.4 is 4.74 Å². The first kappa shape index (κ1) is 17.7. The Morgan fingerprint density at radius 3 is 1.77 bits per heavy atom. The van der Waals surface area contributed by atoms with Gasteiger partial charge in [-0.05, 0) is 35.4 Å². The van der Waals surface area contributed by atoms with E-state index in [-0.39, 0.29) is 18.3 Å². The first-order valence-corrected chi connectivity index (χ1v) is 8.45. The maximum atomic E-state index is 13.0. The Hall–Kier alpha value is -3.14. The second-order valence-corrected chi connectivity index (χ2v) is 5.96. The summed E-state index contributed by atoms with van der Waals surface area (Å²) in [7, 11) is 0. The molecule has 0 saturated carbocycles. The Balaban J connectivity index is 1.68. The second-order valence-electron chi connectivity index (χ2n) is 5.96. The normalized spacial score (nSPS) is 10.3. The van der Waals surface area contributed by atoms with Crippen LogP contribution in [0.5, 0.6) is 5.75 Å². The Morgan fingerprint density at radius 2 is 1.27 bits per heavy atom. The maximum absolute atomic E-state index is 13.0. The van der Waals surface area contributed by atoms with E-state index in [1.54, 1.807) is 4.90 Å². The van der Waals surface area contributed by atoms with E-state index in [9.17, 15) is 9.18 Å². The van der Waals surface area contributed by atoms with E-state index in [0.29, 0.717) is 18.8 Å². The van der Waals surface area contributed by atoms with Crippen molar-refractivity contribution < 1.29 is 13.9 Å². The zero-order valence-electron chi connectivity index (χ0n) is 14.3. The third-order valence-corrected chi connectivity index (χ3v) is 3.96. The SMILES string of the molecule is O=C(COc1ccc(F)cc1)N(Cc1ccccc1)Cc1ccccc1. The molecular weight excluding hydrogens is 329 g/mol. The van der Waals surface area contributed by atoms with E-state index in [1.807, 2.05) is 60.7 Å². The largest absolute Gasteiger partial charge is 0.484 e. The average molecular weight is 349 g/mol. The number of ether oxygens (including phenoxy) is 1. The van der Waals surface area contributed by atoms with E-state index in [2.05, 4.69) is 0 Å². The van der Waals surface area contributed by atoms with Crippen molar-refractivity contribution in [2.75, 3.05) is 6.61 Å². The Kier molecular flexibility index (Phi) is 5.99. The van der Waals surface area contributed by atoms with Crippen LogP contribution in [-0.2, 0) is 17.9 Å². The third kappa shape index (κ3) is 5.18. The van der Waals surface area contributed by atoms with Gasteiger partial charge < -0.3 is 9.64 Å². The number of amides is 1. The van der Waals surface area contributed by atoms with Gasteiger partial charge in [-0.15, -0.1) is 0 Å². The smallest absolute Gasteiger partial charge is 0.261 e. The van der Waals surface area contributed by atoms with Crippen LogP contribution in [-0.4, -0.2) is 17.4 Å². The number of hydrogen-bond donors (Lipinski definition) is 0. The summed E-state index contributed by atoms with van der Waals surface area (Å²) in [6.07, 6.45) is 0. The summed E-state index contributed by atoms with van der Waals surface area (Å²) in [5.74, 6) is 0.0135. The molecule has 0 aliphatic carbocycles. The molecule has 26 heavy (non-hydrogen) atoms. The molecule has 0 heterocycles. The molecule has 0 aliphatic heterocycles. The molecule has 3 aromatic carbocycles. The molecule has 4 heteroatoms. The Bertz CT molecular complexity index is 778.